The Labute approximate surface area is 126 Å². The Kier molecular flexibility index (Phi) is 5.36. The van der Waals surface area contributed by atoms with Crippen LogP contribution >= 0.6 is 0 Å². The van der Waals surface area contributed by atoms with Crippen molar-refractivity contribution in [2.45, 2.75) is 68.2 Å². The van der Waals surface area contributed by atoms with Gasteiger partial charge < -0.3 is 9.47 Å². The first-order chi connectivity index (χ1) is 8.83. The zero-order valence-electron chi connectivity index (χ0n) is 15.1. The van der Waals surface area contributed by atoms with Crippen LogP contribution in [0.5, 0.6) is 0 Å². The summed E-state index contributed by atoms with van der Waals surface area (Å²) in [5.74, 6) is 0. The van der Waals surface area contributed by atoms with E-state index in [1.54, 1.807) is 0 Å². The molecule has 2 nitrogen and oxygen atoms in total. The predicted octanol–water partition coefficient (Wildman–Crippen LogP) is 4.92. The maximum absolute atomic E-state index is 5.50. The molecule has 2 aliphatic rings. The molecule has 0 saturated carbocycles. The lowest BCUT2D eigenvalue weighted by Crippen LogP contribution is -2.37. The standard InChI is InChI=1S/2C9H18O/c2*1-8(2)5-9(3,4)7-10-6-8/h2*5-7H2,1-4H3. The quantitative estimate of drug-likeness (QED) is 0.628. The third kappa shape index (κ3) is 6.58. The van der Waals surface area contributed by atoms with Crippen LogP contribution in [0.2, 0.25) is 0 Å². The van der Waals surface area contributed by atoms with E-state index in [2.05, 4.69) is 55.4 Å². The molecule has 2 fully saturated rings. The van der Waals surface area contributed by atoms with Gasteiger partial charge in [-0.25, -0.2) is 0 Å². The molecule has 0 aromatic heterocycles. The van der Waals surface area contributed by atoms with Gasteiger partial charge in [0.25, 0.3) is 0 Å². The van der Waals surface area contributed by atoms with E-state index in [-0.39, 0.29) is 0 Å². The van der Waals surface area contributed by atoms with E-state index in [4.69, 9.17) is 9.47 Å². The molecule has 0 N–H and O–H groups in total. The van der Waals surface area contributed by atoms with Gasteiger partial charge in [0.2, 0.25) is 0 Å². The van der Waals surface area contributed by atoms with Crippen molar-refractivity contribution in [1.82, 2.24) is 0 Å². The van der Waals surface area contributed by atoms with Gasteiger partial charge in [0, 0.05) is 0 Å². The molecule has 0 aliphatic carbocycles. The fourth-order valence-electron chi connectivity index (χ4n) is 4.00. The first kappa shape index (κ1) is 18.0. The Balaban J connectivity index is 0.000000200. The molecular weight excluding hydrogens is 248 g/mol. The van der Waals surface area contributed by atoms with Gasteiger partial charge in [0.15, 0.2) is 0 Å². The van der Waals surface area contributed by atoms with Crippen LogP contribution in [0, 0.1) is 21.7 Å². The Morgan fingerprint density at radius 3 is 0.750 bits per heavy atom. The lowest BCUT2D eigenvalue weighted by Gasteiger charge is -2.40. The Hall–Kier alpha value is -0.0800. The number of rotatable bonds is 0. The molecule has 0 bridgehead atoms. The zero-order chi connectivity index (χ0) is 15.7. The molecule has 0 amide bonds. The van der Waals surface area contributed by atoms with Gasteiger partial charge in [-0.2, -0.15) is 0 Å². The number of hydrogen-bond acceptors (Lipinski definition) is 2. The van der Waals surface area contributed by atoms with Gasteiger partial charge in [-0.15, -0.1) is 0 Å². The number of hydrogen-bond donors (Lipinski definition) is 0. The lowest BCUT2D eigenvalue weighted by molar-refractivity contribution is -0.0603. The highest BCUT2D eigenvalue weighted by molar-refractivity contribution is 4.83. The summed E-state index contributed by atoms with van der Waals surface area (Å²) in [5, 5.41) is 0. The lowest BCUT2D eigenvalue weighted by atomic mass is 9.74. The van der Waals surface area contributed by atoms with Crippen molar-refractivity contribution < 1.29 is 9.47 Å². The van der Waals surface area contributed by atoms with E-state index in [1.165, 1.54) is 12.8 Å². The fraction of sp³-hybridized carbons (Fsp3) is 1.00. The highest BCUT2D eigenvalue weighted by atomic mass is 16.5. The first-order valence-electron chi connectivity index (χ1n) is 7.98. The second-order valence-electron chi connectivity index (χ2n) is 10.00. The maximum atomic E-state index is 5.50. The molecule has 2 saturated heterocycles. The van der Waals surface area contributed by atoms with E-state index in [9.17, 15) is 0 Å². The Bertz CT molecular complexity index is 253. The van der Waals surface area contributed by atoms with Crippen molar-refractivity contribution in [3.8, 4) is 0 Å². The van der Waals surface area contributed by atoms with Crippen LogP contribution in [-0.2, 0) is 9.47 Å². The first-order valence-corrected chi connectivity index (χ1v) is 7.98. The van der Waals surface area contributed by atoms with Crippen LogP contribution in [0.4, 0.5) is 0 Å². The van der Waals surface area contributed by atoms with Crippen molar-refractivity contribution in [1.29, 1.82) is 0 Å². The minimum absolute atomic E-state index is 0.391. The van der Waals surface area contributed by atoms with Crippen molar-refractivity contribution in [3.05, 3.63) is 0 Å². The number of ether oxygens (including phenoxy) is 2. The van der Waals surface area contributed by atoms with Crippen molar-refractivity contribution in [2.24, 2.45) is 21.7 Å². The van der Waals surface area contributed by atoms with E-state index in [0.717, 1.165) is 26.4 Å². The van der Waals surface area contributed by atoms with Crippen molar-refractivity contribution in [2.75, 3.05) is 26.4 Å². The molecule has 0 aromatic rings. The molecule has 2 rings (SSSR count). The second kappa shape index (κ2) is 5.96. The molecule has 2 heteroatoms. The van der Waals surface area contributed by atoms with Gasteiger partial charge in [-0.1, -0.05) is 55.4 Å². The van der Waals surface area contributed by atoms with Gasteiger partial charge in [-0.05, 0) is 34.5 Å². The van der Waals surface area contributed by atoms with Crippen LogP contribution in [0.1, 0.15) is 68.2 Å². The van der Waals surface area contributed by atoms with Crippen LogP contribution < -0.4 is 0 Å². The molecule has 0 spiro atoms. The molecule has 0 aromatic carbocycles. The molecular formula is C18H36O2. The van der Waals surface area contributed by atoms with Gasteiger partial charge in [0.1, 0.15) is 0 Å². The van der Waals surface area contributed by atoms with Crippen molar-refractivity contribution >= 4 is 0 Å². The highest BCUT2D eigenvalue weighted by Gasteiger charge is 2.34. The molecule has 0 atom stereocenters. The molecule has 0 radical (unpaired) electrons. The fourth-order valence-corrected chi connectivity index (χ4v) is 4.00. The highest BCUT2D eigenvalue weighted by Crippen LogP contribution is 2.38. The molecule has 120 valence electrons. The van der Waals surface area contributed by atoms with Crippen LogP contribution in [0.15, 0.2) is 0 Å². The summed E-state index contributed by atoms with van der Waals surface area (Å²) in [6.07, 6.45) is 2.56. The van der Waals surface area contributed by atoms with Crippen LogP contribution in [-0.4, -0.2) is 26.4 Å². The average molecular weight is 284 g/mol. The van der Waals surface area contributed by atoms with Gasteiger partial charge in [-0.3, -0.25) is 0 Å². The van der Waals surface area contributed by atoms with E-state index in [1.807, 2.05) is 0 Å². The summed E-state index contributed by atoms with van der Waals surface area (Å²) in [6, 6.07) is 0. The summed E-state index contributed by atoms with van der Waals surface area (Å²) in [6.45, 7) is 21.9. The largest absolute Gasteiger partial charge is 0.380 e. The topological polar surface area (TPSA) is 18.5 Å². The smallest absolute Gasteiger partial charge is 0.0517 e. The Morgan fingerprint density at radius 2 is 0.650 bits per heavy atom. The summed E-state index contributed by atoms with van der Waals surface area (Å²) < 4.78 is 11.0. The summed E-state index contributed by atoms with van der Waals surface area (Å²) in [7, 11) is 0. The van der Waals surface area contributed by atoms with E-state index < -0.39 is 0 Å². The third-order valence-corrected chi connectivity index (χ3v) is 3.89. The minimum Gasteiger partial charge on any atom is -0.380 e. The summed E-state index contributed by atoms with van der Waals surface area (Å²) in [5.41, 5.74) is 1.56. The third-order valence-electron chi connectivity index (χ3n) is 3.89. The van der Waals surface area contributed by atoms with Crippen LogP contribution in [0.25, 0.3) is 0 Å². The summed E-state index contributed by atoms with van der Waals surface area (Å²) in [4.78, 5) is 0. The van der Waals surface area contributed by atoms with Crippen molar-refractivity contribution in [3.63, 3.8) is 0 Å². The molecule has 2 heterocycles. The average Bonchev–Trinajstić information content (AvgIpc) is 2.09. The molecule has 2 aliphatic heterocycles. The maximum Gasteiger partial charge on any atom is 0.0517 e. The van der Waals surface area contributed by atoms with Gasteiger partial charge >= 0.3 is 0 Å². The minimum atomic E-state index is 0.391. The Morgan fingerprint density at radius 1 is 0.450 bits per heavy atom. The second-order valence-corrected chi connectivity index (χ2v) is 10.00. The molecule has 20 heavy (non-hydrogen) atoms. The molecule has 0 unspecified atom stereocenters. The SMILES string of the molecule is CC1(C)COCC(C)(C)C1.CC1(C)COCC(C)(C)C1. The predicted molar refractivity (Wildman–Crippen MR) is 86.0 cm³/mol. The normalized spacial score (nSPS) is 30.0. The van der Waals surface area contributed by atoms with Crippen LogP contribution in [0.3, 0.4) is 0 Å². The van der Waals surface area contributed by atoms with E-state index in [0.29, 0.717) is 21.7 Å². The van der Waals surface area contributed by atoms with Gasteiger partial charge in [0.05, 0.1) is 26.4 Å². The monoisotopic (exact) mass is 284 g/mol. The van der Waals surface area contributed by atoms with E-state index >= 15 is 0 Å². The zero-order valence-corrected chi connectivity index (χ0v) is 15.1. The summed E-state index contributed by atoms with van der Waals surface area (Å²) >= 11 is 0.